The van der Waals surface area contributed by atoms with Gasteiger partial charge in [-0.15, -0.1) is 0 Å². The molecule has 1 aliphatic rings. The summed E-state index contributed by atoms with van der Waals surface area (Å²) in [7, 11) is 6.86. The summed E-state index contributed by atoms with van der Waals surface area (Å²) in [5.41, 5.74) is 1.52. The molecule has 1 rings (SSSR count). The summed E-state index contributed by atoms with van der Waals surface area (Å²) >= 11 is 0. The maximum Gasteiger partial charge on any atom is 0.0931 e. The Labute approximate surface area is 127 Å². The molecule has 0 aliphatic heterocycles. The van der Waals surface area contributed by atoms with Crippen LogP contribution in [0.4, 0.5) is 0 Å². The number of unbranched alkanes of at least 4 members (excludes halogenated alkanes) is 8. The standard InChI is InChI=1S/C19H35N/c1-20(2,3)18-14-10-8-6-4-5-7-9-11-15-19-16-12-13-17-19/h12-13,16-17H,4-11,14-15,18H2,1-3H3/q+2. The van der Waals surface area contributed by atoms with Crippen molar-refractivity contribution >= 4 is 0 Å². The fourth-order valence-corrected chi connectivity index (χ4v) is 2.73. The van der Waals surface area contributed by atoms with Gasteiger partial charge in [0, 0.05) is 12.8 Å². The third-order valence-corrected chi connectivity index (χ3v) is 4.03. The van der Waals surface area contributed by atoms with Gasteiger partial charge in [-0.05, 0) is 19.3 Å². The third kappa shape index (κ3) is 10.1. The molecule has 114 valence electrons. The van der Waals surface area contributed by atoms with Gasteiger partial charge in [-0.3, -0.25) is 0 Å². The van der Waals surface area contributed by atoms with E-state index in [1.165, 1.54) is 76.3 Å². The molecule has 1 heteroatoms. The minimum atomic E-state index is 1.11. The summed E-state index contributed by atoms with van der Waals surface area (Å²) in [4.78, 5) is 0. The van der Waals surface area contributed by atoms with Crippen molar-refractivity contribution in [2.45, 2.75) is 64.2 Å². The van der Waals surface area contributed by atoms with Crippen LogP contribution < -0.4 is 0 Å². The zero-order chi connectivity index (χ0) is 14.7. The molecule has 0 atom stereocenters. The highest BCUT2D eigenvalue weighted by Crippen LogP contribution is 2.17. The molecule has 0 N–H and O–H groups in total. The lowest BCUT2D eigenvalue weighted by molar-refractivity contribution is -0.870. The Hall–Kier alpha value is -0.690. The van der Waals surface area contributed by atoms with Crippen LogP contribution in [0.25, 0.3) is 0 Å². The van der Waals surface area contributed by atoms with Gasteiger partial charge in [0.15, 0.2) is 0 Å². The number of hydrogen-bond acceptors (Lipinski definition) is 0. The summed E-state index contributed by atoms with van der Waals surface area (Å²) < 4.78 is 1.11. The second-order valence-corrected chi connectivity index (χ2v) is 7.24. The second kappa shape index (κ2) is 10.1. The molecule has 0 aromatic rings. The van der Waals surface area contributed by atoms with E-state index < -0.39 is 0 Å². The van der Waals surface area contributed by atoms with E-state index >= 15 is 0 Å². The SMILES string of the molecule is C[N+](C)(C)CCCCCCCCCCCC1=C[CH+]C=C1. The highest BCUT2D eigenvalue weighted by Gasteiger charge is 2.06. The van der Waals surface area contributed by atoms with Gasteiger partial charge < -0.3 is 4.48 Å². The molecule has 0 spiro atoms. The molecule has 0 aromatic carbocycles. The van der Waals surface area contributed by atoms with Gasteiger partial charge >= 0.3 is 0 Å². The lowest BCUT2D eigenvalue weighted by atomic mass is 10.0. The van der Waals surface area contributed by atoms with Crippen molar-refractivity contribution in [3.8, 4) is 0 Å². The van der Waals surface area contributed by atoms with Gasteiger partial charge in [-0.25, -0.2) is 0 Å². The van der Waals surface area contributed by atoms with E-state index in [-0.39, 0.29) is 0 Å². The van der Waals surface area contributed by atoms with Crippen LogP contribution >= 0.6 is 0 Å². The second-order valence-electron chi connectivity index (χ2n) is 7.24. The Morgan fingerprint density at radius 1 is 0.800 bits per heavy atom. The molecular formula is C19H35N+2. The van der Waals surface area contributed by atoms with Crippen molar-refractivity contribution in [1.29, 1.82) is 0 Å². The van der Waals surface area contributed by atoms with E-state index in [9.17, 15) is 0 Å². The first-order chi connectivity index (χ1) is 9.58. The summed E-state index contributed by atoms with van der Waals surface area (Å²) in [5, 5.41) is 0. The molecule has 0 aromatic heterocycles. The first-order valence-corrected chi connectivity index (χ1v) is 8.59. The Kier molecular flexibility index (Phi) is 8.77. The Balaban J connectivity index is 1.75. The number of hydrogen-bond donors (Lipinski definition) is 0. The van der Waals surface area contributed by atoms with Crippen LogP contribution in [0.2, 0.25) is 0 Å². The lowest BCUT2D eigenvalue weighted by Crippen LogP contribution is -2.35. The minimum absolute atomic E-state index is 1.11. The van der Waals surface area contributed by atoms with Crippen LogP contribution in [0.15, 0.2) is 23.8 Å². The first kappa shape index (κ1) is 17.4. The van der Waals surface area contributed by atoms with E-state index in [0.717, 1.165) is 4.48 Å². The highest BCUT2D eigenvalue weighted by atomic mass is 15.3. The molecule has 0 fully saturated rings. The van der Waals surface area contributed by atoms with E-state index in [4.69, 9.17) is 0 Å². The number of quaternary nitrogens is 1. The molecule has 0 saturated heterocycles. The van der Waals surface area contributed by atoms with Gasteiger partial charge in [-0.2, -0.15) is 0 Å². The summed E-state index contributed by atoms with van der Waals surface area (Å²) in [5.74, 6) is 0. The maximum absolute atomic E-state index is 2.29. The minimum Gasteiger partial charge on any atom is -0.331 e. The van der Waals surface area contributed by atoms with Crippen LogP contribution in [0.3, 0.4) is 0 Å². The monoisotopic (exact) mass is 277 g/mol. The van der Waals surface area contributed by atoms with Crippen molar-refractivity contribution in [3.63, 3.8) is 0 Å². The van der Waals surface area contributed by atoms with Crippen molar-refractivity contribution in [2.24, 2.45) is 0 Å². The molecule has 0 radical (unpaired) electrons. The topological polar surface area (TPSA) is 0 Å². The smallest absolute Gasteiger partial charge is 0.0931 e. The van der Waals surface area contributed by atoms with Crippen LogP contribution in [-0.2, 0) is 0 Å². The summed E-state index contributed by atoms with van der Waals surface area (Å²) in [6.07, 6.45) is 22.9. The summed E-state index contributed by atoms with van der Waals surface area (Å²) in [6, 6.07) is 0. The molecule has 1 nitrogen and oxygen atoms in total. The highest BCUT2D eigenvalue weighted by molar-refractivity contribution is 5.33. The molecule has 0 saturated carbocycles. The average molecular weight is 277 g/mol. The van der Waals surface area contributed by atoms with Crippen molar-refractivity contribution < 1.29 is 4.48 Å². The first-order valence-electron chi connectivity index (χ1n) is 8.59. The number of nitrogens with zero attached hydrogens (tertiary/aromatic N) is 1. The van der Waals surface area contributed by atoms with Crippen LogP contribution in [0.5, 0.6) is 0 Å². The molecule has 1 aliphatic carbocycles. The van der Waals surface area contributed by atoms with E-state index in [1.807, 2.05) is 0 Å². The molecule has 0 bridgehead atoms. The Morgan fingerprint density at radius 3 is 1.85 bits per heavy atom. The zero-order valence-corrected chi connectivity index (χ0v) is 14.0. The lowest BCUT2D eigenvalue weighted by Gasteiger charge is -2.23. The Bertz CT molecular complexity index is 293. The van der Waals surface area contributed by atoms with Crippen LogP contribution in [0, 0.1) is 6.42 Å². The quantitative estimate of drug-likeness (QED) is 0.258. The molecular weight excluding hydrogens is 242 g/mol. The fraction of sp³-hybridized carbons (Fsp3) is 0.737. The molecule has 0 heterocycles. The average Bonchev–Trinajstić information content (AvgIpc) is 2.87. The molecule has 20 heavy (non-hydrogen) atoms. The molecule has 0 amide bonds. The Morgan fingerprint density at radius 2 is 1.35 bits per heavy atom. The van der Waals surface area contributed by atoms with Gasteiger partial charge in [0.1, 0.15) is 0 Å². The fourth-order valence-electron chi connectivity index (χ4n) is 2.73. The van der Waals surface area contributed by atoms with Gasteiger partial charge in [0.05, 0.1) is 51.5 Å². The predicted molar refractivity (Wildman–Crippen MR) is 90.6 cm³/mol. The predicted octanol–water partition coefficient (Wildman–Crippen LogP) is 5.29. The van der Waals surface area contributed by atoms with Crippen molar-refractivity contribution in [3.05, 3.63) is 30.2 Å². The van der Waals surface area contributed by atoms with Crippen LogP contribution in [-0.4, -0.2) is 32.2 Å². The third-order valence-electron chi connectivity index (χ3n) is 4.03. The van der Waals surface area contributed by atoms with Crippen molar-refractivity contribution in [2.75, 3.05) is 27.7 Å². The molecule has 0 unspecified atom stereocenters. The van der Waals surface area contributed by atoms with Gasteiger partial charge in [0.25, 0.3) is 0 Å². The van der Waals surface area contributed by atoms with E-state index in [1.54, 1.807) is 0 Å². The van der Waals surface area contributed by atoms with E-state index in [0.29, 0.717) is 0 Å². The maximum atomic E-state index is 2.29. The normalized spacial score (nSPS) is 14.4. The zero-order valence-electron chi connectivity index (χ0n) is 14.0. The van der Waals surface area contributed by atoms with Gasteiger partial charge in [0.2, 0.25) is 0 Å². The van der Waals surface area contributed by atoms with E-state index in [2.05, 4.69) is 45.8 Å². The largest absolute Gasteiger partial charge is 0.331 e. The van der Waals surface area contributed by atoms with Crippen LogP contribution in [0.1, 0.15) is 64.2 Å². The summed E-state index contributed by atoms with van der Waals surface area (Å²) in [6.45, 7) is 1.32. The van der Waals surface area contributed by atoms with Crippen molar-refractivity contribution in [1.82, 2.24) is 0 Å². The number of allylic oxidation sites excluding steroid dienone is 4. The number of rotatable bonds is 12. The van der Waals surface area contributed by atoms with Gasteiger partial charge in [-0.1, -0.05) is 38.5 Å².